The second-order valence-corrected chi connectivity index (χ2v) is 15.1. The average Bonchev–Trinajstić information content (AvgIpc) is 3.43. The number of nitrogen functional groups attached to an aromatic ring is 1. The van der Waals surface area contributed by atoms with Crippen molar-refractivity contribution in [1.29, 1.82) is 0 Å². The van der Waals surface area contributed by atoms with Gasteiger partial charge in [0.05, 0.1) is 12.8 Å². The van der Waals surface area contributed by atoms with E-state index in [0.717, 1.165) is 0 Å². The summed E-state index contributed by atoms with van der Waals surface area (Å²) in [7, 11) is -5.16. The molecule has 4 rings (SSSR count). The van der Waals surface area contributed by atoms with Crippen LogP contribution in [0.2, 0.25) is 0 Å². The molecule has 0 bridgehead atoms. The molecule has 53 heavy (non-hydrogen) atoms. The summed E-state index contributed by atoms with van der Waals surface area (Å²) >= 11 is 0. The lowest BCUT2D eigenvalue weighted by Gasteiger charge is -2.30. The normalized spacial score (nSPS) is 24.1. The van der Waals surface area contributed by atoms with Crippen molar-refractivity contribution in [2.45, 2.75) is 115 Å². The molecule has 2 fully saturated rings. The van der Waals surface area contributed by atoms with Gasteiger partial charge < -0.3 is 54.0 Å². The number of nitrogens with one attached hydrogen (secondary N) is 2. The number of hydrogen-bond acceptors (Lipinski definition) is 17. The van der Waals surface area contributed by atoms with E-state index in [-0.39, 0.29) is 17.6 Å². The van der Waals surface area contributed by atoms with Gasteiger partial charge in [0.15, 0.2) is 12.0 Å². The van der Waals surface area contributed by atoms with E-state index in [9.17, 15) is 33.6 Å². The van der Waals surface area contributed by atoms with Gasteiger partial charge >= 0.3 is 37.4 Å². The van der Waals surface area contributed by atoms with E-state index < -0.39 is 105 Å². The first-order valence-electron chi connectivity index (χ1n) is 16.8. The summed E-state index contributed by atoms with van der Waals surface area (Å²) in [6, 6.07) is 5.00. The van der Waals surface area contributed by atoms with Crippen LogP contribution in [0.1, 0.15) is 67.5 Å². The van der Waals surface area contributed by atoms with Gasteiger partial charge in [0.25, 0.3) is 0 Å². The second-order valence-electron chi connectivity index (χ2n) is 13.7. The van der Waals surface area contributed by atoms with Crippen LogP contribution in [0, 0.1) is 0 Å². The number of para-hydroxylation sites is 1. The topological polar surface area (TPSA) is 255 Å². The van der Waals surface area contributed by atoms with Crippen LogP contribution in [0.25, 0.3) is 0 Å². The summed E-state index contributed by atoms with van der Waals surface area (Å²) < 4.78 is 54.7. The molecule has 0 saturated carbocycles. The number of carbonyl (C=O) groups excluding carboxylic acids is 3. The highest BCUT2D eigenvalue weighted by molar-refractivity contribution is 7.50. The Labute approximate surface area is 305 Å². The third-order valence-corrected chi connectivity index (χ3v) is 9.08. The number of aliphatic carboxylic acids is 1. The summed E-state index contributed by atoms with van der Waals surface area (Å²) in [5, 5.41) is 14.9. The van der Waals surface area contributed by atoms with Gasteiger partial charge in [-0.2, -0.15) is 9.55 Å². The van der Waals surface area contributed by atoms with Crippen LogP contribution in [-0.2, 0) is 51.7 Å². The zero-order valence-electron chi connectivity index (χ0n) is 30.4. The Kier molecular flexibility index (Phi) is 13.1. The molecule has 19 nitrogen and oxygen atoms in total. The number of esters is 1. The quantitative estimate of drug-likeness (QED) is 0.133. The molecule has 2 saturated heterocycles. The predicted octanol–water partition coefficient (Wildman–Crippen LogP) is 2.05. The molecule has 1 aromatic carbocycles. The summed E-state index contributed by atoms with van der Waals surface area (Å²) in [6.07, 6.45) is -2.81. The van der Waals surface area contributed by atoms with Crippen LogP contribution in [0.4, 0.5) is 5.82 Å². The number of aromatic nitrogens is 2. The van der Waals surface area contributed by atoms with Crippen molar-refractivity contribution in [3.63, 3.8) is 0 Å². The van der Waals surface area contributed by atoms with Crippen molar-refractivity contribution in [2.75, 3.05) is 12.3 Å². The molecule has 7 atom stereocenters. The van der Waals surface area contributed by atoms with Crippen molar-refractivity contribution in [1.82, 2.24) is 20.2 Å². The number of carboxylic acids is 1. The third kappa shape index (κ3) is 10.8. The number of nitrogens with zero attached hydrogens (tertiary/aromatic N) is 2. The Morgan fingerprint density at radius 2 is 1.57 bits per heavy atom. The molecule has 0 aliphatic carbocycles. The van der Waals surface area contributed by atoms with Crippen molar-refractivity contribution in [2.24, 2.45) is 0 Å². The number of carboxylic acid groups (broad SMARTS) is 1. The molecule has 2 aliphatic rings. The molecular formula is C33H46N5O14P. The van der Waals surface area contributed by atoms with Gasteiger partial charge in [-0.05, 0) is 39.0 Å². The van der Waals surface area contributed by atoms with Gasteiger partial charge in [-0.25, -0.2) is 14.4 Å². The first-order valence-corrected chi connectivity index (χ1v) is 18.3. The predicted molar refractivity (Wildman–Crippen MR) is 184 cm³/mol. The van der Waals surface area contributed by atoms with Gasteiger partial charge in [0, 0.05) is 18.3 Å². The van der Waals surface area contributed by atoms with Crippen LogP contribution in [-0.4, -0.2) is 92.9 Å². The number of ether oxygens (including phenoxy) is 4. The second kappa shape index (κ2) is 16.7. The van der Waals surface area contributed by atoms with Crippen LogP contribution in [0.5, 0.6) is 5.75 Å². The van der Waals surface area contributed by atoms with Crippen molar-refractivity contribution in [3.8, 4) is 5.75 Å². The largest absolute Gasteiger partial charge is 0.651 e. The summed E-state index contributed by atoms with van der Waals surface area (Å²) in [6.45, 7) is 11.3. The van der Waals surface area contributed by atoms with Crippen molar-refractivity contribution in [3.05, 3.63) is 53.1 Å². The maximum Gasteiger partial charge on any atom is 0.651 e. The first kappa shape index (κ1) is 41.4. The fraction of sp³-hybridized carbons (Fsp3) is 0.576. The number of nitrogens with two attached hydrogens (primary N) is 1. The summed E-state index contributed by atoms with van der Waals surface area (Å²) in [5.74, 6) is -6.08. The van der Waals surface area contributed by atoms with E-state index in [1.807, 2.05) is 0 Å². The zero-order valence-corrected chi connectivity index (χ0v) is 31.3. The highest BCUT2D eigenvalue weighted by Crippen LogP contribution is 2.51. The molecule has 0 spiro atoms. The Morgan fingerprint density at radius 1 is 0.981 bits per heavy atom. The van der Waals surface area contributed by atoms with E-state index >= 15 is 0 Å². The van der Waals surface area contributed by atoms with Gasteiger partial charge in [0.1, 0.15) is 48.1 Å². The van der Waals surface area contributed by atoms with Crippen LogP contribution >= 0.6 is 7.82 Å². The molecule has 0 amide bonds. The number of hydrogen-bond donors (Lipinski definition) is 4. The number of phosphoric acid groups is 1. The highest BCUT2D eigenvalue weighted by Gasteiger charge is 2.64. The standard InChI is InChI=1S/C33H46N5O14P/c1-18(2)35-21(15-25(39)40)28(42)50-53(45,49-20-11-9-8-10-12-20)51-29(43)22(36-19(3)4)16-26(41)46-17-23-27-33(7,52-32(5,6)48-27)30(47-23)38-14-13-24(34)37-31(38)44/h8-14,18-19,21-23,27,30,35-36H,15-17H2,1-7H3,(H,39,40)(H2,34,37,44)/t21-,22-,23+,27+,30+,33+,53?/m0/s1. The third-order valence-electron chi connectivity index (χ3n) is 7.84. The number of benzene rings is 1. The minimum atomic E-state index is -5.16. The molecule has 5 N–H and O–H groups in total. The Hall–Kier alpha value is -4.39. The number of carbonyl (C=O) groups is 4. The van der Waals surface area contributed by atoms with E-state index in [0.29, 0.717) is 0 Å². The van der Waals surface area contributed by atoms with Gasteiger partial charge in [-0.15, -0.1) is 0 Å². The first-order chi connectivity index (χ1) is 24.7. The molecule has 2 aliphatic heterocycles. The number of fused-ring (bicyclic) bond motifs is 1. The number of anilines is 1. The van der Waals surface area contributed by atoms with E-state index in [1.54, 1.807) is 54.5 Å². The van der Waals surface area contributed by atoms with Gasteiger partial charge in [0.2, 0.25) is 0 Å². The highest BCUT2D eigenvalue weighted by atomic mass is 31.2. The molecular weight excluding hydrogens is 721 g/mol. The maximum absolute atomic E-state index is 13.9. The monoisotopic (exact) mass is 767 g/mol. The van der Waals surface area contributed by atoms with E-state index in [4.69, 9.17) is 38.3 Å². The lowest BCUT2D eigenvalue weighted by atomic mass is 9.96. The molecule has 292 valence electrons. The minimum absolute atomic E-state index is 0.00935. The molecule has 2 aromatic rings. The molecule has 0 radical (unpaired) electrons. The SMILES string of the molecule is CC(C)N[C@@H](CC(=O)O)C(=O)OP(=O)(OC(=O)[C@H](CC(=O)OC[C@H]1O[C@@H](n2ccc(N)nc2=O)[C@]2(C)OC(C)(C)O[C@H]12)NC(C)C)Oc1ccccc1. The van der Waals surface area contributed by atoms with Crippen molar-refractivity contribution < 1.29 is 61.4 Å². The number of rotatable bonds is 17. The Morgan fingerprint density at radius 3 is 2.11 bits per heavy atom. The zero-order chi connectivity index (χ0) is 39.3. The Balaban J connectivity index is 1.50. The van der Waals surface area contributed by atoms with E-state index in [1.165, 1.54) is 41.1 Å². The number of phosphoric ester groups is 1. The molecule has 3 heterocycles. The fourth-order valence-electron chi connectivity index (χ4n) is 5.93. The smallest absolute Gasteiger partial charge is 0.481 e. The van der Waals surface area contributed by atoms with Crippen LogP contribution in [0.15, 0.2) is 47.4 Å². The van der Waals surface area contributed by atoms with E-state index in [2.05, 4.69) is 15.6 Å². The van der Waals surface area contributed by atoms with Crippen LogP contribution in [0.3, 0.4) is 0 Å². The van der Waals surface area contributed by atoms with Gasteiger partial charge in [-0.3, -0.25) is 14.2 Å². The lowest BCUT2D eigenvalue weighted by Crippen LogP contribution is -2.45. The molecule has 1 unspecified atom stereocenters. The fourth-order valence-corrected chi connectivity index (χ4v) is 7.12. The Bertz CT molecular complexity index is 1750. The molecule has 1 aromatic heterocycles. The van der Waals surface area contributed by atoms with Gasteiger partial charge in [-0.1, -0.05) is 45.9 Å². The lowest BCUT2D eigenvalue weighted by molar-refractivity contribution is -0.219. The maximum atomic E-state index is 13.9. The molecule has 20 heteroatoms. The van der Waals surface area contributed by atoms with Crippen LogP contribution < -0.4 is 26.6 Å². The average molecular weight is 768 g/mol. The summed E-state index contributed by atoms with van der Waals surface area (Å²) in [5.41, 5.74) is 3.74. The van der Waals surface area contributed by atoms with Crippen molar-refractivity contribution >= 4 is 37.5 Å². The minimum Gasteiger partial charge on any atom is -0.481 e. The summed E-state index contributed by atoms with van der Waals surface area (Å²) in [4.78, 5) is 67.8.